The van der Waals surface area contributed by atoms with E-state index >= 15 is 0 Å². The number of hydrogen-bond donors (Lipinski definition) is 1. The molecule has 5 heteroatoms. The van der Waals surface area contributed by atoms with Crippen molar-refractivity contribution < 1.29 is 9.53 Å². The second kappa shape index (κ2) is 9.01. The van der Waals surface area contributed by atoms with Crippen LogP contribution in [0.1, 0.15) is 29.2 Å². The van der Waals surface area contributed by atoms with E-state index < -0.39 is 0 Å². The van der Waals surface area contributed by atoms with E-state index in [2.05, 4.69) is 56.1 Å². The zero-order valence-electron chi connectivity index (χ0n) is 17.5. The normalized spacial score (nSPS) is 15.4. The number of anilines is 2. The number of thioether (sulfide) groups is 1. The molecular formula is C23H30N2O2S. The standard InChI is InChI=1S/C23H30N2O2S/c1-15-14-16(2)18(4)22(17(15)3)28-19(5)23(26)24-20-6-8-21(9-7-20)25-10-12-27-13-11-25/h6-9,14,19H,10-13H2,1-5H3,(H,24,26)/t19-/m1/s1. The van der Waals surface area contributed by atoms with Crippen molar-refractivity contribution in [1.82, 2.24) is 0 Å². The fraction of sp³-hybridized carbons (Fsp3) is 0.435. The SMILES string of the molecule is Cc1cc(C)c(C)c(S[C@H](C)C(=O)Nc2ccc(N3CCOCC3)cc2)c1C. The van der Waals surface area contributed by atoms with Gasteiger partial charge in [0.2, 0.25) is 5.91 Å². The topological polar surface area (TPSA) is 41.6 Å². The molecule has 1 heterocycles. The molecule has 0 spiro atoms. The quantitative estimate of drug-likeness (QED) is 0.729. The summed E-state index contributed by atoms with van der Waals surface area (Å²) in [5.41, 5.74) is 7.09. The van der Waals surface area contributed by atoms with Crippen LogP contribution in [0.2, 0.25) is 0 Å². The van der Waals surface area contributed by atoms with Gasteiger partial charge in [0.1, 0.15) is 0 Å². The Balaban J connectivity index is 1.65. The van der Waals surface area contributed by atoms with Crippen LogP contribution in [0, 0.1) is 27.7 Å². The number of nitrogens with one attached hydrogen (secondary N) is 1. The summed E-state index contributed by atoms with van der Waals surface area (Å²) in [4.78, 5) is 16.3. The Hall–Kier alpha value is -1.98. The molecule has 0 unspecified atom stereocenters. The molecule has 1 aliphatic rings. The minimum Gasteiger partial charge on any atom is -0.378 e. The van der Waals surface area contributed by atoms with Crippen LogP contribution in [-0.4, -0.2) is 37.5 Å². The Bertz CT molecular complexity index is 816. The molecule has 2 aromatic rings. The van der Waals surface area contributed by atoms with Crippen LogP contribution in [0.3, 0.4) is 0 Å². The Morgan fingerprint density at radius 3 is 2.18 bits per heavy atom. The van der Waals surface area contributed by atoms with Gasteiger partial charge >= 0.3 is 0 Å². The highest BCUT2D eigenvalue weighted by molar-refractivity contribution is 8.00. The molecule has 0 saturated carbocycles. The summed E-state index contributed by atoms with van der Waals surface area (Å²) in [6.45, 7) is 13.9. The summed E-state index contributed by atoms with van der Waals surface area (Å²) in [5.74, 6) is 0.0297. The van der Waals surface area contributed by atoms with Crippen LogP contribution in [0.5, 0.6) is 0 Å². The second-order valence-electron chi connectivity index (χ2n) is 7.49. The number of aryl methyl sites for hydroxylation is 2. The third kappa shape index (κ3) is 4.70. The lowest BCUT2D eigenvalue weighted by atomic mass is 10.0. The molecule has 150 valence electrons. The van der Waals surface area contributed by atoms with Crippen LogP contribution in [0.15, 0.2) is 35.2 Å². The van der Waals surface area contributed by atoms with Gasteiger partial charge in [-0.15, -0.1) is 11.8 Å². The number of ether oxygens (including phenoxy) is 1. The number of benzene rings is 2. The molecule has 1 atom stereocenters. The predicted octanol–water partition coefficient (Wildman–Crippen LogP) is 4.88. The van der Waals surface area contributed by atoms with Crippen molar-refractivity contribution in [2.75, 3.05) is 36.5 Å². The first-order valence-electron chi connectivity index (χ1n) is 9.84. The Morgan fingerprint density at radius 1 is 1.04 bits per heavy atom. The monoisotopic (exact) mass is 398 g/mol. The third-order valence-electron chi connectivity index (χ3n) is 5.47. The van der Waals surface area contributed by atoms with Gasteiger partial charge in [0.25, 0.3) is 0 Å². The molecule has 0 bridgehead atoms. The van der Waals surface area contributed by atoms with E-state index in [1.165, 1.54) is 32.8 Å². The average Bonchev–Trinajstić information content (AvgIpc) is 2.70. The first-order valence-corrected chi connectivity index (χ1v) is 10.7. The zero-order valence-corrected chi connectivity index (χ0v) is 18.3. The molecule has 0 aliphatic carbocycles. The van der Waals surface area contributed by atoms with E-state index in [0.717, 1.165) is 32.0 Å². The molecule has 0 aromatic heterocycles. The van der Waals surface area contributed by atoms with E-state index in [4.69, 9.17) is 4.74 Å². The van der Waals surface area contributed by atoms with Crippen molar-refractivity contribution in [3.05, 3.63) is 52.6 Å². The van der Waals surface area contributed by atoms with Crippen LogP contribution in [0.25, 0.3) is 0 Å². The van der Waals surface area contributed by atoms with Gasteiger partial charge in [0.15, 0.2) is 0 Å². The third-order valence-corrected chi connectivity index (χ3v) is 6.89. The molecule has 1 N–H and O–H groups in total. The van der Waals surface area contributed by atoms with Crippen molar-refractivity contribution in [3.8, 4) is 0 Å². The Labute approximate surface area is 172 Å². The summed E-state index contributed by atoms with van der Waals surface area (Å²) in [6, 6.07) is 10.3. The smallest absolute Gasteiger partial charge is 0.237 e. The number of nitrogens with zero attached hydrogens (tertiary/aromatic N) is 1. The zero-order chi connectivity index (χ0) is 20.3. The number of carbonyl (C=O) groups is 1. The minimum absolute atomic E-state index is 0.0297. The second-order valence-corrected chi connectivity index (χ2v) is 8.84. The molecule has 0 radical (unpaired) electrons. The van der Waals surface area contributed by atoms with Crippen molar-refractivity contribution in [2.24, 2.45) is 0 Å². The molecule has 1 amide bonds. The number of rotatable bonds is 5. The van der Waals surface area contributed by atoms with Crippen LogP contribution in [-0.2, 0) is 9.53 Å². The fourth-order valence-electron chi connectivity index (χ4n) is 3.41. The Morgan fingerprint density at radius 2 is 1.61 bits per heavy atom. The largest absolute Gasteiger partial charge is 0.378 e. The summed E-state index contributed by atoms with van der Waals surface area (Å²) < 4.78 is 5.40. The maximum Gasteiger partial charge on any atom is 0.237 e. The maximum absolute atomic E-state index is 12.7. The summed E-state index contributed by atoms with van der Waals surface area (Å²) in [5, 5.41) is 2.89. The van der Waals surface area contributed by atoms with Crippen molar-refractivity contribution in [1.29, 1.82) is 0 Å². The molecule has 1 fully saturated rings. The lowest BCUT2D eigenvalue weighted by molar-refractivity contribution is -0.115. The molecule has 1 saturated heterocycles. The predicted molar refractivity (Wildman–Crippen MR) is 119 cm³/mol. The minimum atomic E-state index is -0.169. The number of morpholine rings is 1. The average molecular weight is 399 g/mol. The highest BCUT2D eigenvalue weighted by Crippen LogP contribution is 2.34. The molecule has 2 aromatic carbocycles. The first-order chi connectivity index (χ1) is 13.4. The van der Waals surface area contributed by atoms with Gasteiger partial charge in [-0.3, -0.25) is 4.79 Å². The fourth-order valence-corrected chi connectivity index (χ4v) is 4.60. The lowest BCUT2D eigenvalue weighted by Crippen LogP contribution is -2.36. The van der Waals surface area contributed by atoms with E-state index in [1.807, 2.05) is 19.1 Å². The molecular weight excluding hydrogens is 368 g/mol. The summed E-state index contributed by atoms with van der Waals surface area (Å²) in [6.07, 6.45) is 0. The van der Waals surface area contributed by atoms with Crippen LogP contribution in [0.4, 0.5) is 11.4 Å². The van der Waals surface area contributed by atoms with E-state index in [0.29, 0.717) is 0 Å². The van der Waals surface area contributed by atoms with Gasteiger partial charge in [0.05, 0.1) is 18.5 Å². The number of carbonyl (C=O) groups excluding carboxylic acids is 1. The molecule has 3 rings (SSSR count). The Kier molecular flexibility index (Phi) is 6.68. The highest BCUT2D eigenvalue weighted by atomic mass is 32.2. The van der Waals surface area contributed by atoms with Gasteiger partial charge in [-0.1, -0.05) is 6.07 Å². The van der Waals surface area contributed by atoms with Crippen LogP contribution < -0.4 is 10.2 Å². The lowest BCUT2D eigenvalue weighted by Gasteiger charge is -2.29. The number of hydrogen-bond acceptors (Lipinski definition) is 4. The summed E-state index contributed by atoms with van der Waals surface area (Å²) >= 11 is 1.64. The molecule has 4 nitrogen and oxygen atoms in total. The van der Waals surface area contributed by atoms with E-state index in [-0.39, 0.29) is 11.2 Å². The van der Waals surface area contributed by atoms with Crippen molar-refractivity contribution in [3.63, 3.8) is 0 Å². The summed E-state index contributed by atoms with van der Waals surface area (Å²) in [7, 11) is 0. The maximum atomic E-state index is 12.7. The van der Waals surface area contributed by atoms with E-state index in [1.54, 1.807) is 11.8 Å². The van der Waals surface area contributed by atoms with Crippen molar-refractivity contribution >= 4 is 29.0 Å². The van der Waals surface area contributed by atoms with Gasteiger partial charge in [-0.25, -0.2) is 0 Å². The van der Waals surface area contributed by atoms with Crippen LogP contribution >= 0.6 is 11.8 Å². The van der Waals surface area contributed by atoms with E-state index in [9.17, 15) is 4.79 Å². The van der Waals surface area contributed by atoms with Gasteiger partial charge in [-0.2, -0.15) is 0 Å². The van der Waals surface area contributed by atoms with Gasteiger partial charge in [0, 0.05) is 29.4 Å². The van der Waals surface area contributed by atoms with Gasteiger partial charge in [-0.05, 0) is 81.1 Å². The highest BCUT2D eigenvalue weighted by Gasteiger charge is 2.19. The van der Waals surface area contributed by atoms with Gasteiger partial charge < -0.3 is 15.0 Å². The first kappa shape index (κ1) is 20.7. The van der Waals surface area contributed by atoms with Crippen molar-refractivity contribution in [2.45, 2.75) is 44.8 Å². The number of amides is 1. The molecule has 28 heavy (non-hydrogen) atoms. The molecule has 1 aliphatic heterocycles.